The normalized spacial score (nSPS) is 13.6. The van der Waals surface area contributed by atoms with Gasteiger partial charge in [0.2, 0.25) is 0 Å². The van der Waals surface area contributed by atoms with Crippen molar-refractivity contribution in [3.8, 4) is 0 Å². The molecular weight excluding hydrogens is 515 g/mol. The first-order chi connectivity index (χ1) is 6.50. The lowest BCUT2D eigenvalue weighted by atomic mass is 10.0. The molecule has 4 heteroatoms. The average molecular weight is 525 g/mol. The molecule has 0 spiro atoms. The predicted octanol–water partition coefficient (Wildman–Crippen LogP) is 4.80. The van der Waals surface area contributed by atoms with Crippen molar-refractivity contribution in [3.63, 3.8) is 0 Å². The van der Waals surface area contributed by atoms with Crippen molar-refractivity contribution in [2.75, 3.05) is 0 Å². The highest BCUT2D eigenvalue weighted by molar-refractivity contribution is 14.2. The van der Waals surface area contributed by atoms with Gasteiger partial charge in [0.1, 0.15) is 1.43 Å². The summed E-state index contributed by atoms with van der Waals surface area (Å²) < 4.78 is 1.10. The number of hydrogen-bond acceptors (Lipinski definition) is 0. The van der Waals surface area contributed by atoms with Crippen molar-refractivity contribution in [1.29, 1.82) is 0 Å². The molecular formula is C10H10I3N. The Labute approximate surface area is 125 Å². The van der Waals surface area contributed by atoms with Gasteiger partial charge >= 0.3 is 0 Å². The zero-order valence-electron chi connectivity index (χ0n) is 7.43. The van der Waals surface area contributed by atoms with Crippen molar-refractivity contribution in [3.05, 3.63) is 46.8 Å². The molecule has 0 radical (unpaired) electrons. The summed E-state index contributed by atoms with van der Waals surface area (Å²) in [5, 5.41) is 0. The Morgan fingerprint density at radius 3 is 2.57 bits per heavy atom. The molecule has 1 heterocycles. The molecule has 1 atom stereocenters. The van der Waals surface area contributed by atoms with E-state index in [0.717, 1.165) is 3.58 Å². The minimum atomic E-state index is -0.0251. The van der Waals surface area contributed by atoms with Gasteiger partial charge in [0.25, 0.3) is 0 Å². The summed E-state index contributed by atoms with van der Waals surface area (Å²) in [4.78, 5) is 3.22. The van der Waals surface area contributed by atoms with Crippen LogP contribution in [-0.2, 0) is 0 Å². The second-order valence-corrected chi connectivity index (χ2v) is 9.64. The van der Waals surface area contributed by atoms with E-state index in [1.807, 2.05) is 18.3 Å². The molecule has 0 amide bonds. The van der Waals surface area contributed by atoms with E-state index in [4.69, 9.17) is 0 Å². The van der Waals surface area contributed by atoms with Gasteiger partial charge in [0.05, 0.1) is 0 Å². The Kier molecular flexibility index (Phi) is 4.96. The molecule has 0 aliphatic rings. The van der Waals surface area contributed by atoms with E-state index < -0.39 is 0 Å². The Morgan fingerprint density at radius 1 is 1.57 bits per heavy atom. The molecule has 0 aromatic carbocycles. The predicted molar refractivity (Wildman–Crippen MR) is 87.7 cm³/mol. The van der Waals surface area contributed by atoms with Crippen LogP contribution in [0.2, 0.25) is 0 Å². The molecule has 0 bridgehead atoms. The fourth-order valence-corrected chi connectivity index (χ4v) is 2.69. The van der Waals surface area contributed by atoms with Crippen molar-refractivity contribution < 1.29 is 0 Å². The van der Waals surface area contributed by atoms with Gasteiger partial charge in [-0.25, -0.2) is 0 Å². The standard InChI is InChI=1S/C10H10I3N/c1-3-8(9-5-4-6-14-9)10(12,13)7(2)11/h3-6,8,14H,1-2H2. The van der Waals surface area contributed by atoms with Crippen LogP contribution in [0.1, 0.15) is 11.6 Å². The third kappa shape index (κ3) is 2.75. The van der Waals surface area contributed by atoms with Gasteiger partial charge in [0.15, 0.2) is 0 Å². The van der Waals surface area contributed by atoms with E-state index >= 15 is 0 Å². The Hall–Kier alpha value is 0.950. The van der Waals surface area contributed by atoms with Crippen LogP contribution in [0.15, 0.2) is 41.1 Å². The summed E-state index contributed by atoms with van der Waals surface area (Å²) in [5.41, 5.74) is 1.18. The first-order valence-electron chi connectivity index (χ1n) is 3.98. The van der Waals surface area contributed by atoms with Gasteiger partial charge in [-0.1, -0.05) is 57.8 Å². The molecule has 0 fully saturated rings. The number of alkyl halides is 2. The van der Waals surface area contributed by atoms with Gasteiger partial charge in [-0.3, -0.25) is 0 Å². The van der Waals surface area contributed by atoms with Crippen LogP contribution in [0.5, 0.6) is 0 Å². The maximum atomic E-state index is 4.02. The molecule has 1 N–H and O–H groups in total. The smallest absolute Gasteiger partial charge is 0.115 e. The second kappa shape index (κ2) is 5.33. The SMILES string of the molecule is C=CC(c1ccc[nH]1)C(I)(I)C(=C)I. The average Bonchev–Trinajstić information content (AvgIpc) is 2.57. The van der Waals surface area contributed by atoms with Gasteiger partial charge in [0, 0.05) is 21.4 Å². The zero-order valence-corrected chi connectivity index (χ0v) is 13.9. The number of allylic oxidation sites excluding steroid dienone is 2. The number of hydrogen-bond donors (Lipinski definition) is 1. The first kappa shape index (κ1) is 13.0. The molecule has 1 rings (SSSR count). The highest BCUT2D eigenvalue weighted by atomic mass is 127. The van der Waals surface area contributed by atoms with Gasteiger partial charge in [-0.05, 0) is 34.7 Å². The monoisotopic (exact) mass is 525 g/mol. The number of nitrogens with one attached hydrogen (secondary N) is 1. The van der Waals surface area contributed by atoms with E-state index in [1.54, 1.807) is 0 Å². The van der Waals surface area contributed by atoms with Crippen LogP contribution in [-0.4, -0.2) is 6.41 Å². The highest BCUT2D eigenvalue weighted by Crippen LogP contribution is 2.49. The molecule has 0 aliphatic carbocycles. The van der Waals surface area contributed by atoms with Crippen LogP contribution in [0, 0.1) is 0 Å². The van der Waals surface area contributed by atoms with Crippen molar-refractivity contribution in [1.82, 2.24) is 4.98 Å². The van der Waals surface area contributed by atoms with Gasteiger partial charge < -0.3 is 4.98 Å². The van der Waals surface area contributed by atoms with Crippen LogP contribution >= 0.6 is 67.8 Å². The number of rotatable bonds is 4. The third-order valence-corrected chi connectivity index (χ3v) is 7.50. The number of halogens is 3. The molecule has 0 saturated carbocycles. The molecule has 1 aromatic rings. The maximum Gasteiger partial charge on any atom is 0.115 e. The summed E-state index contributed by atoms with van der Waals surface area (Å²) in [7, 11) is 0. The van der Waals surface area contributed by atoms with Crippen LogP contribution in [0.4, 0.5) is 0 Å². The third-order valence-electron chi connectivity index (χ3n) is 1.95. The summed E-state index contributed by atoms with van der Waals surface area (Å²) in [6.07, 6.45) is 3.90. The minimum absolute atomic E-state index is 0.0251. The highest BCUT2D eigenvalue weighted by Gasteiger charge is 2.34. The zero-order chi connectivity index (χ0) is 10.8. The van der Waals surface area contributed by atoms with Crippen LogP contribution in [0.25, 0.3) is 0 Å². The van der Waals surface area contributed by atoms with Crippen LogP contribution < -0.4 is 0 Å². The largest absolute Gasteiger partial charge is 0.364 e. The van der Waals surface area contributed by atoms with E-state index in [9.17, 15) is 0 Å². The molecule has 76 valence electrons. The van der Waals surface area contributed by atoms with Crippen molar-refractivity contribution >= 4 is 67.8 Å². The van der Waals surface area contributed by atoms with Crippen LogP contribution in [0.3, 0.4) is 0 Å². The molecule has 0 saturated heterocycles. The van der Waals surface area contributed by atoms with Gasteiger partial charge in [-0.2, -0.15) is 0 Å². The molecule has 14 heavy (non-hydrogen) atoms. The van der Waals surface area contributed by atoms with Crippen molar-refractivity contribution in [2.45, 2.75) is 7.35 Å². The lowest BCUT2D eigenvalue weighted by Gasteiger charge is -2.27. The summed E-state index contributed by atoms with van der Waals surface area (Å²) in [5.74, 6) is 0.267. The number of aromatic amines is 1. The summed E-state index contributed by atoms with van der Waals surface area (Å²) in [6, 6.07) is 4.09. The molecule has 1 nitrogen and oxygen atoms in total. The maximum absolute atomic E-state index is 4.02. The Morgan fingerprint density at radius 2 is 2.21 bits per heavy atom. The molecule has 0 aliphatic heterocycles. The molecule has 1 aromatic heterocycles. The summed E-state index contributed by atoms with van der Waals surface area (Å²) in [6.45, 7) is 7.91. The lowest BCUT2D eigenvalue weighted by molar-refractivity contribution is 0.852. The number of aromatic nitrogens is 1. The van der Waals surface area contributed by atoms with E-state index in [1.165, 1.54) is 5.69 Å². The summed E-state index contributed by atoms with van der Waals surface area (Å²) >= 11 is 7.11. The van der Waals surface area contributed by atoms with Gasteiger partial charge in [-0.15, -0.1) is 6.58 Å². The Balaban J connectivity index is 3.04. The molecule has 1 unspecified atom stereocenters. The van der Waals surface area contributed by atoms with E-state index in [0.29, 0.717) is 0 Å². The number of H-pyrrole nitrogens is 1. The second-order valence-electron chi connectivity index (χ2n) is 2.87. The van der Waals surface area contributed by atoms with E-state index in [2.05, 4.69) is 92.0 Å². The lowest BCUT2D eigenvalue weighted by Crippen LogP contribution is -2.20. The topological polar surface area (TPSA) is 15.8 Å². The fourth-order valence-electron chi connectivity index (χ4n) is 1.18. The van der Waals surface area contributed by atoms with Crippen molar-refractivity contribution in [2.24, 2.45) is 0 Å². The quantitative estimate of drug-likeness (QED) is 0.331. The first-order valence-corrected chi connectivity index (χ1v) is 7.22. The minimum Gasteiger partial charge on any atom is -0.364 e. The fraction of sp³-hybridized carbons (Fsp3) is 0.200. The Bertz CT molecular complexity index is 327. The van der Waals surface area contributed by atoms with E-state index in [-0.39, 0.29) is 7.35 Å².